The lowest BCUT2D eigenvalue weighted by atomic mass is 9.90. The smallest absolute Gasteiger partial charge is 0.222 e. The van der Waals surface area contributed by atoms with Crippen molar-refractivity contribution < 1.29 is 9.90 Å². The van der Waals surface area contributed by atoms with Gasteiger partial charge in [-0.25, -0.2) is 0 Å². The minimum absolute atomic E-state index is 0.101. The predicted molar refractivity (Wildman–Crippen MR) is 68.4 cm³/mol. The molecular formula is C13H26N2O2. The van der Waals surface area contributed by atoms with Crippen LogP contribution in [0.25, 0.3) is 0 Å². The Morgan fingerprint density at radius 1 is 1.47 bits per heavy atom. The molecule has 0 aromatic heterocycles. The highest BCUT2D eigenvalue weighted by atomic mass is 16.2. The first-order valence-corrected chi connectivity index (χ1v) is 6.67. The summed E-state index contributed by atoms with van der Waals surface area (Å²) in [5.41, 5.74) is 6.00. The van der Waals surface area contributed by atoms with Crippen molar-refractivity contribution in [1.29, 1.82) is 0 Å². The number of piperidine rings is 1. The molecule has 0 spiro atoms. The van der Waals surface area contributed by atoms with E-state index in [2.05, 4.69) is 13.8 Å². The molecule has 1 saturated heterocycles. The van der Waals surface area contributed by atoms with Gasteiger partial charge in [0.05, 0.1) is 0 Å². The first-order chi connectivity index (χ1) is 8.02. The van der Waals surface area contributed by atoms with E-state index < -0.39 is 0 Å². The molecule has 1 aliphatic heterocycles. The molecule has 2 unspecified atom stereocenters. The quantitative estimate of drug-likeness (QED) is 0.755. The van der Waals surface area contributed by atoms with Crippen molar-refractivity contribution in [3.8, 4) is 0 Å². The molecule has 100 valence electrons. The van der Waals surface area contributed by atoms with Crippen molar-refractivity contribution in [3.05, 3.63) is 0 Å². The van der Waals surface area contributed by atoms with Gasteiger partial charge < -0.3 is 15.7 Å². The predicted octanol–water partition coefficient (Wildman–Crippen LogP) is 0.981. The van der Waals surface area contributed by atoms with E-state index in [0.29, 0.717) is 24.8 Å². The van der Waals surface area contributed by atoms with Crippen molar-refractivity contribution in [2.75, 3.05) is 19.7 Å². The first kappa shape index (κ1) is 14.5. The molecule has 1 rings (SSSR count). The van der Waals surface area contributed by atoms with E-state index in [1.807, 2.05) is 4.90 Å². The van der Waals surface area contributed by atoms with Gasteiger partial charge in [-0.3, -0.25) is 4.79 Å². The zero-order valence-electron chi connectivity index (χ0n) is 11.1. The average molecular weight is 242 g/mol. The molecule has 2 atom stereocenters. The van der Waals surface area contributed by atoms with E-state index in [1.54, 1.807) is 0 Å². The SMILES string of the molecule is CC(C)CC(=O)N1CC(N)CC(CCCO)C1. The molecule has 4 heteroatoms. The van der Waals surface area contributed by atoms with Crippen molar-refractivity contribution in [1.82, 2.24) is 4.90 Å². The third-order valence-corrected chi connectivity index (χ3v) is 3.28. The Hall–Kier alpha value is -0.610. The van der Waals surface area contributed by atoms with E-state index in [-0.39, 0.29) is 18.6 Å². The van der Waals surface area contributed by atoms with Crippen LogP contribution in [0.1, 0.15) is 39.5 Å². The van der Waals surface area contributed by atoms with Crippen LogP contribution < -0.4 is 5.73 Å². The summed E-state index contributed by atoms with van der Waals surface area (Å²) < 4.78 is 0. The molecule has 1 amide bonds. The molecule has 0 saturated carbocycles. The number of aliphatic hydroxyl groups is 1. The summed E-state index contributed by atoms with van der Waals surface area (Å²) in [5, 5.41) is 8.85. The van der Waals surface area contributed by atoms with Gasteiger partial charge in [-0.2, -0.15) is 0 Å². The van der Waals surface area contributed by atoms with Gasteiger partial charge >= 0.3 is 0 Å². The fourth-order valence-electron chi connectivity index (χ4n) is 2.52. The summed E-state index contributed by atoms with van der Waals surface area (Å²) in [4.78, 5) is 13.9. The van der Waals surface area contributed by atoms with Crippen molar-refractivity contribution >= 4 is 5.91 Å². The lowest BCUT2D eigenvalue weighted by molar-refractivity contribution is -0.134. The molecule has 17 heavy (non-hydrogen) atoms. The van der Waals surface area contributed by atoms with Crippen LogP contribution in [-0.2, 0) is 4.79 Å². The van der Waals surface area contributed by atoms with Gasteiger partial charge in [-0.15, -0.1) is 0 Å². The second-order valence-electron chi connectivity index (χ2n) is 5.62. The van der Waals surface area contributed by atoms with Crippen LogP contribution in [0.2, 0.25) is 0 Å². The van der Waals surface area contributed by atoms with Crippen LogP contribution in [0, 0.1) is 11.8 Å². The summed E-state index contributed by atoms with van der Waals surface area (Å²) in [7, 11) is 0. The van der Waals surface area contributed by atoms with Gasteiger partial charge in [-0.1, -0.05) is 13.8 Å². The highest BCUT2D eigenvalue weighted by molar-refractivity contribution is 5.76. The van der Waals surface area contributed by atoms with Crippen molar-refractivity contribution in [3.63, 3.8) is 0 Å². The van der Waals surface area contributed by atoms with Crippen LogP contribution in [0.4, 0.5) is 0 Å². The zero-order chi connectivity index (χ0) is 12.8. The summed E-state index contributed by atoms with van der Waals surface area (Å²) in [6, 6.07) is 0.101. The van der Waals surface area contributed by atoms with Gasteiger partial charge in [0.25, 0.3) is 0 Å². The topological polar surface area (TPSA) is 66.6 Å². The van der Waals surface area contributed by atoms with Gasteiger partial charge in [0.15, 0.2) is 0 Å². The molecule has 3 N–H and O–H groups in total. The highest BCUT2D eigenvalue weighted by Crippen LogP contribution is 2.21. The van der Waals surface area contributed by atoms with E-state index in [9.17, 15) is 4.79 Å². The number of carbonyl (C=O) groups excluding carboxylic acids is 1. The van der Waals surface area contributed by atoms with Crippen molar-refractivity contribution in [2.45, 2.75) is 45.6 Å². The molecule has 0 aromatic rings. The number of carbonyl (C=O) groups is 1. The molecule has 1 fully saturated rings. The van der Waals surface area contributed by atoms with Crippen LogP contribution in [0.15, 0.2) is 0 Å². The fraction of sp³-hybridized carbons (Fsp3) is 0.923. The Morgan fingerprint density at radius 3 is 2.76 bits per heavy atom. The maximum atomic E-state index is 12.0. The molecule has 0 radical (unpaired) electrons. The summed E-state index contributed by atoms with van der Waals surface area (Å²) >= 11 is 0. The Balaban J connectivity index is 2.46. The minimum Gasteiger partial charge on any atom is -0.396 e. The number of nitrogens with zero attached hydrogens (tertiary/aromatic N) is 1. The van der Waals surface area contributed by atoms with Crippen molar-refractivity contribution in [2.24, 2.45) is 17.6 Å². The third kappa shape index (κ3) is 5.04. The maximum Gasteiger partial charge on any atom is 0.222 e. The Bertz CT molecular complexity index is 244. The lowest BCUT2D eigenvalue weighted by Crippen LogP contribution is -2.49. The van der Waals surface area contributed by atoms with E-state index in [4.69, 9.17) is 10.8 Å². The van der Waals surface area contributed by atoms with E-state index >= 15 is 0 Å². The van der Waals surface area contributed by atoms with Gasteiger partial charge in [-0.05, 0) is 31.1 Å². The Labute approximate surface area is 104 Å². The molecular weight excluding hydrogens is 216 g/mol. The molecule has 1 aliphatic rings. The largest absolute Gasteiger partial charge is 0.396 e. The molecule has 0 aliphatic carbocycles. The molecule has 4 nitrogen and oxygen atoms in total. The summed E-state index contributed by atoms with van der Waals surface area (Å²) in [6.45, 7) is 5.86. The van der Waals surface area contributed by atoms with Gasteiger partial charge in [0.2, 0.25) is 5.91 Å². The van der Waals surface area contributed by atoms with E-state index in [0.717, 1.165) is 25.8 Å². The maximum absolute atomic E-state index is 12.0. The van der Waals surface area contributed by atoms with Gasteiger partial charge in [0, 0.05) is 32.2 Å². The number of nitrogens with two attached hydrogens (primary N) is 1. The Morgan fingerprint density at radius 2 is 2.18 bits per heavy atom. The van der Waals surface area contributed by atoms with Crippen LogP contribution in [0.3, 0.4) is 0 Å². The summed E-state index contributed by atoms with van der Waals surface area (Å²) in [6.07, 6.45) is 3.37. The summed E-state index contributed by atoms with van der Waals surface area (Å²) in [5.74, 6) is 1.09. The molecule has 1 heterocycles. The third-order valence-electron chi connectivity index (χ3n) is 3.28. The van der Waals surface area contributed by atoms with Crippen LogP contribution in [-0.4, -0.2) is 41.7 Å². The normalized spacial score (nSPS) is 25.4. The van der Waals surface area contributed by atoms with E-state index in [1.165, 1.54) is 0 Å². The average Bonchev–Trinajstić information content (AvgIpc) is 2.24. The number of likely N-dealkylation sites (tertiary alicyclic amines) is 1. The second-order valence-corrected chi connectivity index (χ2v) is 5.62. The number of amides is 1. The number of rotatable bonds is 5. The zero-order valence-corrected chi connectivity index (χ0v) is 11.1. The minimum atomic E-state index is 0.101. The number of hydrogen-bond donors (Lipinski definition) is 2. The van der Waals surface area contributed by atoms with Gasteiger partial charge in [0.1, 0.15) is 0 Å². The highest BCUT2D eigenvalue weighted by Gasteiger charge is 2.27. The monoisotopic (exact) mass is 242 g/mol. The standard InChI is InChI=1S/C13H26N2O2/c1-10(2)6-13(17)15-8-11(4-3-5-16)7-12(14)9-15/h10-12,16H,3-9,14H2,1-2H3. The van der Waals surface area contributed by atoms with Crippen LogP contribution in [0.5, 0.6) is 0 Å². The second kappa shape index (κ2) is 6.97. The molecule has 0 bridgehead atoms. The lowest BCUT2D eigenvalue weighted by Gasteiger charge is -2.36. The fourth-order valence-corrected chi connectivity index (χ4v) is 2.52. The number of hydrogen-bond acceptors (Lipinski definition) is 3. The van der Waals surface area contributed by atoms with Crippen LogP contribution >= 0.6 is 0 Å². The molecule has 0 aromatic carbocycles. The first-order valence-electron chi connectivity index (χ1n) is 6.67. The number of aliphatic hydroxyl groups excluding tert-OH is 1. The Kier molecular flexibility index (Phi) is 5.92.